The molecule has 0 bridgehead atoms. The third kappa shape index (κ3) is 4.80. The normalized spacial score (nSPS) is 22.4. The number of nitrogens with zero attached hydrogens (tertiary/aromatic N) is 1. The van der Waals surface area contributed by atoms with E-state index in [1.165, 1.54) is 11.1 Å². The lowest BCUT2D eigenvalue weighted by Crippen LogP contribution is -2.36. The molecule has 0 aromatic heterocycles. The minimum Gasteiger partial charge on any atom is -0.377 e. The van der Waals surface area contributed by atoms with Gasteiger partial charge < -0.3 is 10.1 Å². The van der Waals surface area contributed by atoms with Crippen LogP contribution in [0.2, 0.25) is 0 Å². The molecule has 2 atom stereocenters. The Bertz CT molecular complexity index is 433. The highest BCUT2D eigenvalue weighted by atomic mass is 16.5. The molecule has 2 rings (SSSR count). The molecule has 1 N–H and O–H groups in total. The van der Waals surface area contributed by atoms with Crippen molar-refractivity contribution in [3.63, 3.8) is 0 Å². The van der Waals surface area contributed by atoms with Crippen LogP contribution in [0.1, 0.15) is 38.3 Å². The Hall–Kier alpha value is -0.900. The highest BCUT2D eigenvalue weighted by Crippen LogP contribution is 2.21. The first kappa shape index (κ1) is 16.5. The molecule has 3 nitrogen and oxygen atoms in total. The number of likely N-dealkylation sites (N-methyl/N-ethyl adjacent to an activating group) is 1. The van der Waals surface area contributed by atoms with Gasteiger partial charge in [0.15, 0.2) is 0 Å². The van der Waals surface area contributed by atoms with Crippen LogP contribution in [0.5, 0.6) is 0 Å². The average molecular weight is 290 g/mol. The Morgan fingerprint density at radius 3 is 2.62 bits per heavy atom. The number of benzene rings is 1. The number of hydrogen-bond donors (Lipinski definition) is 1. The van der Waals surface area contributed by atoms with Gasteiger partial charge in [-0.3, -0.25) is 4.90 Å². The number of nitrogens with one attached hydrogen (secondary N) is 1. The van der Waals surface area contributed by atoms with Crippen molar-refractivity contribution < 1.29 is 4.74 Å². The van der Waals surface area contributed by atoms with Crippen LogP contribution in [0.25, 0.3) is 0 Å². The number of rotatable bonds is 7. The second kappa shape index (κ2) is 7.92. The molecular weight excluding hydrogens is 260 g/mol. The van der Waals surface area contributed by atoms with Crippen molar-refractivity contribution in [2.75, 3.05) is 20.2 Å². The predicted octanol–water partition coefficient (Wildman–Crippen LogP) is 3.04. The minimum absolute atomic E-state index is 0.348. The summed E-state index contributed by atoms with van der Waals surface area (Å²) in [5.74, 6) is 0.691. The van der Waals surface area contributed by atoms with Crippen LogP contribution in [0.15, 0.2) is 24.3 Å². The smallest absolute Gasteiger partial charge is 0.0703 e. The van der Waals surface area contributed by atoms with Crippen molar-refractivity contribution in [3.8, 4) is 0 Å². The van der Waals surface area contributed by atoms with Crippen LogP contribution in [0, 0.1) is 5.92 Å². The van der Waals surface area contributed by atoms with Gasteiger partial charge >= 0.3 is 0 Å². The minimum atomic E-state index is 0.348. The van der Waals surface area contributed by atoms with Crippen LogP contribution in [-0.2, 0) is 17.8 Å². The topological polar surface area (TPSA) is 24.5 Å². The fourth-order valence-corrected chi connectivity index (χ4v) is 3.06. The largest absolute Gasteiger partial charge is 0.377 e. The maximum Gasteiger partial charge on any atom is 0.0703 e. The van der Waals surface area contributed by atoms with E-state index in [9.17, 15) is 0 Å². The van der Waals surface area contributed by atoms with Crippen molar-refractivity contribution in [2.24, 2.45) is 5.92 Å². The van der Waals surface area contributed by atoms with E-state index >= 15 is 0 Å². The summed E-state index contributed by atoms with van der Waals surface area (Å²) in [6.45, 7) is 10.6. The average Bonchev–Trinajstić information content (AvgIpc) is 2.86. The summed E-state index contributed by atoms with van der Waals surface area (Å²) >= 11 is 0. The molecule has 118 valence electrons. The van der Waals surface area contributed by atoms with Gasteiger partial charge in [0, 0.05) is 25.7 Å². The molecule has 21 heavy (non-hydrogen) atoms. The fourth-order valence-electron chi connectivity index (χ4n) is 3.06. The molecule has 0 saturated carbocycles. The maximum atomic E-state index is 5.69. The van der Waals surface area contributed by atoms with Gasteiger partial charge in [-0.2, -0.15) is 0 Å². The van der Waals surface area contributed by atoms with Gasteiger partial charge in [-0.05, 0) is 44.0 Å². The van der Waals surface area contributed by atoms with Crippen LogP contribution in [-0.4, -0.2) is 37.2 Å². The molecular formula is C18H30N2O. The second-order valence-electron chi connectivity index (χ2n) is 6.64. The summed E-state index contributed by atoms with van der Waals surface area (Å²) in [4.78, 5) is 2.44. The third-order valence-electron chi connectivity index (χ3n) is 4.31. The first-order chi connectivity index (χ1) is 10.1. The Balaban J connectivity index is 1.95. The summed E-state index contributed by atoms with van der Waals surface area (Å²) in [7, 11) is 2.22. The summed E-state index contributed by atoms with van der Waals surface area (Å²) in [5, 5.41) is 3.55. The van der Waals surface area contributed by atoms with Gasteiger partial charge in [-0.25, -0.2) is 0 Å². The summed E-state index contributed by atoms with van der Waals surface area (Å²) in [6.07, 6.45) is 1.49. The van der Waals surface area contributed by atoms with Gasteiger partial charge in [0.1, 0.15) is 0 Å². The molecule has 2 unspecified atom stereocenters. The zero-order chi connectivity index (χ0) is 15.2. The van der Waals surface area contributed by atoms with Crippen molar-refractivity contribution in [1.82, 2.24) is 10.2 Å². The molecule has 0 amide bonds. The molecule has 0 spiro atoms. The monoisotopic (exact) mass is 290 g/mol. The molecule has 1 aromatic carbocycles. The van der Waals surface area contributed by atoms with E-state index in [2.05, 4.69) is 62.3 Å². The standard InChI is InChI=1S/C18H30N2O/c1-14(2)11-19-12-16-7-5-6-8-17(16)13-20(4)18-9-10-21-15(18)3/h5-8,14-15,18-19H,9-13H2,1-4H3. The highest BCUT2D eigenvalue weighted by Gasteiger charge is 2.27. The fraction of sp³-hybridized carbons (Fsp3) is 0.667. The molecule has 1 heterocycles. The van der Waals surface area contributed by atoms with E-state index in [1.54, 1.807) is 0 Å². The van der Waals surface area contributed by atoms with Crippen LogP contribution >= 0.6 is 0 Å². The van der Waals surface area contributed by atoms with Gasteiger partial charge in [0.05, 0.1) is 6.10 Å². The summed E-state index contributed by atoms with van der Waals surface area (Å²) < 4.78 is 5.69. The zero-order valence-electron chi connectivity index (χ0n) is 13.9. The van der Waals surface area contributed by atoms with E-state index in [0.717, 1.165) is 32.7 Å². The lowest BCUT2D eigenvalue weighted by atomic mass is 10.0. The Morgan fingerprint density at radius 2 is 2.00 bits per heavy atom. The molecule has 0 radical (unpaired) electrons. The molecule has 1 aliphatic rings. The van der Waals surface area contributed by atoms with Gasteiger partial charge in [0.25, 0.3) is 0 Å². The van der Waals surface area contributed by atoms with Crippen LogP contribution in [0.4, 0.5) is 0 Å². The molecule has 0 aliphatic carbocycles. The number of ether oxygens (including phenoxy) is 1. The first-order valence-electron chi connectivity index (χ1n) is 8.17. The maximum absolute atomic E-state index is 5.69. The van der Waals surface area contributed by atoms with Crippen molar-refractivity contribution in [1.29, 1.82) is 0 Å². The van der Waals surface area contributed by atoms with Gasteiger partial charge in [-0.15, -0.1) is 0 Å². The predicted molar refractivity (Wildman–Crippen MR) is 88.3 cm³/mol. The second-order valence-corrected chi connectivity index (χ2v) is 6.64. The first-order valence-corrected chi connectivity index (χ1v) is 8.17. The molecule has 1 aliphatic heterocycles. The zero-order valence-corrected chi connectivity index (χ0v) is 13.9. The Labute approximate surface area is 129 Å². The molecule has 1 fully saturated rings. The van der Waals surface area contributed by atoms with E-state index in [-0.39, 0.29) is 0 Å². The molecule has 1 saturated heterocycles. The third-order valence-corrected chi connectivity index (χ3v) is 4.31. The number of hydrogen-bond acceptors (Lipinski definition) is 3. The van der Waals surface area contributed by atoms with Gasteiger partial charge in [0.2, 0.25) is 0 Å². The van der Waals surface area contributed by atoms with Crippen LogP contribution < -0.4 is 5.32 Å². The van der Waals surface area contributed by atoms with E-state index < -0.39 is 0 Å². The van der Waals surface area contributed by atoms with E-state index in [0.29, 0.717) is 18.1 Å². The Morgan fingerprint density at radius 1 is 1.29 bits per heavy atom. The molecule has 1 aromatic rings. The van der Waals surface area contributed by atoms with E-state index in [4.69, 9.17) is 4.74 Å². The lowest BCUT2D eigenvalue weighted by Gasteiger charge is -2.27. The van der Waals surface area contributed by atoms with E-state index in [1.807, 2.05) is 0 Å². The molecule has 3 heteroatoms. The summed E-state index contributed by atoms with van der Waals surface area (Å²) in [6, 6.07) is 9.32. The SMILES string of the molecule is CC(C)CNCc1ccccc1CN(C)C1CCOC1C. The van der Waals surface area contributed by atoms with Crippen LogP contribution in [0.3, 0.4) is 0 Å². The van der Waals surface area contributed by atoms with Crippen molar-refractivity contribution in [2.45, 2.75) is 52.4 Å². The summed E-state index contributed by atoms with van der Waals surface area (Å²) in [5.41, 5.74) is 2.84. The highest BCUT2D eigenvalue weighted by molar-refractivity contribution is 5.27. The quantitative estimate of drug-likeness (QED) is 0.835. The van der Waals surface area contributed by atoms with Crippen molar-refractivity contribution >= 4 is 0 Å². The Kier molecular flexibility index (Phi) is 6.22. The van der Waals surface area contributed by atoms with Gasteiger partial charge in [-0.1, -0.05) is 38.1 Å². The van der Waals surface area contributed by atoms with Crippen molar-refractivity contribution in [3.05, 3.63) is 35.4 Å². The lowest BCUT2D eigenvalue weighted by molar-refractivity contribution is 0.0813.